The highest BCUT2D eigenvalue weighted by atomic mass is 32.1. The Hall–Kier alpha value is -2.99. The molecule has 6 heteroatoms. The van der Waals surface area contributed by atoms with Crippen molar-refractivity contribution in [2.24, 2.45) is 7.05 Å². The van der Waals surface area contributed by atoms with Crippen molar-refractivity contribution < 1.29 is 4.79 Å². The molecule has 4 rings (SSSR count). The van der Waals surface area contributed by atoms with E-state index in [0.29, 0.717) is 10.7 Å². The third-order valence-corrected chi connectivity index (χ3v) is 4.82. The molecule has 0 saturated carbocycles. The van der Waals surface area contributed by atoms with E-state index >= 15 is 0 Å². The number of nitrogens with zero attached hydrogens (tertiary/aromatic N) is 3. The van der Waals surface area contributed by atoms with Crippen molar-refractivity contribution in [3.63, 3.8) is 0 Å². The zero-order chi connectivity index (χ0) is 16.5. The molecule has 3 aromatic heterocycles. The number of carbonyl (C=O) groups excluding carboxylic acids is 1. The average molecular weight is 334 g/mol. The molecule has 1 amide bonds. The first-order chi connectivity index (χ1) is 11.7. The smallest absolute Gasteiger partial charge is 0.266 e. The molecule has 0 spiro atoms. The molecule has 1 N–H and O–H groups in total. The van der Waals surface area contributed by atoms with Crippen LogP contribution in [0.1, 0.15) is 9.67 Å². The predicted molar refractivity (Wildman–Crippen MR) is 96.2 cm³/mol. The Balaban J connectivity index is 1.64. The lowest BCUT2D eigenvalue weighted by Gasteiger charge is -2.01. The second-order valence-corrected chi connectivity index (χ2v) is 6.40. The van der Waals surface area contributed by atoms with E-state index in [2.05, 4.69) is 15.3 Å². The summed E-state index contributed by atoms with van der Waals surface area (Å²) >= 11 is 1.42. The van der Waals surface area contributed by atoms with Crippen LogP contribution in [0.5, 0.6) is 0 Å². The number of hydrogen-bond acceptors (Lipinski definition) is 4. The zero-order valence-electron chi connectivity index (χ0n) is 12.9. The van der Waals surface area contributed by atoms with E-state index in [1.54, 1.807) is 12.3 Å². The van der Waals surface area contributed by atoms with Crippen molar-refractivity contribution in [1.82, 2.24) is 14.5 Å². The van der Waals surface area contributed by atoms with Crippen molar-refractivity contribution in [3.8, 4) is 10.7 Å². The summed E-state index contributed by atoms with van der Waals surface area (Å²) in [4.78, 5) is 22.7. The van der Waals surface area contributed by atoms with Gasteiger partial charge in [-0.05, 0) is 36.4 Å². The van der Waals surface area contributed by atoms with E-state index in [1.165, 1.54) is 11.3 Å². The summed E-state index contributed by atoms with van der Waals surface area (Å²) in [6.45, 7) is 0. The largest absolute Gasteiger partial charge is 0.326 e. The summed E-state index contributed by atoms with van der Waals surface area (Å²) in [5.74, 6) is 1.24. The molecule has 24 heavy (non-hydrogen) atoms. The van der Waals surface area contributed by atoms with Gasteiger partial charge in [0.1, 0.15) is 5.82 Å². The molecule has 3 heterocycles. The summed E-state index contributed by atoms with van der Waals surface area (Å²) in [6, 6.07) is 17.1. The molecule has 0 aliphatic rings. The molecule has 1 aromatic carbocycles. The van der Waals surface area contributed by atoms with Gasteiger partial charge in [0.15, 0.2) is 5.82 Å². The monoisotopic (exact) mass is 334 g/mol. The zero-order valence-corrected chi connectivity index (χ0v) is 13.7. The molecule has 0 aliphatic carbocycles. The minimum atomic E-state index is -0.163. The lowest BCUT2D eigenvalue weighted by atomic mass is 10.3. The Morgan fingerprint density at radius 3 is 2.71 bits per heavy atom. The maximum absolute atomic E-state index is 12.3. The first-order valence-corrected chi connectivity index (χ1v) is 8.28. The van der Waals surface area contributed by atoms with E-state index in [4.69, 9.17) is 0 Å². The van der Waals surface area contributed by atoms with Gasteiger partial charge in [0.25, 0.3) is 5.91 Å². The Morgan fingerprint density at radius 1 is 1.08 bits per heavy atom. The van der Waals surface area contributed by atoms with Gasteiger partial charge in [0, 0.05) is 13.2 Å². The maximum Gasteiger partial charge on any atom is 0.266 e. The van der Waals surface area contributed by atoms with Crippen molar-refractivity contribution in [2.75, 3.05) is 5.32 Å². The Morgan fingerprint density at radius 2 is 1.92 bits per heavy atom. The van der Waals surface area contributed by atoms with Crippen molar-refractivity contribution in [2.45, 2.75) is 0 Å². The van der Waals surface area contributed by atoms with Gasteiger partial charge in [-0.1, -0.05) is 18.2 Å². The number of imidazole rings is 1. The Bertz CT molecular complexity index is 1020. The van der Waals surface area contributed by atoms with Gasteiger partial charge in [-0.2, -0.15) is 0 Å². The number of amides is 1. The van der Waals surface area contributed by atoms with E-state index in [9.17, 15) is 4.79 Å². The number of nitrogens with one attached hydrogen (secondary N) is 1. The summed E-state index contributed by atoms with van der Waals surface area (Å²) < 4.78 is 2.04. The second-order valence-electron chi connectivity index (χ2n) is 5.32. The molecule has 0 bridgehead atoms. The molecule has 0 radical (unpaired) electrons. The van der Waals surface area contributed by atoms with Crippen molar-refractivity contribution >= 4 is 34.1 Å². The summed E-state index contributed by atoms with van der Waals surface area (Å²) in [6.07, 6.45) is 1.65. The van der Waals surface area contributed by atoms with Crippen LogP contribution in [-0.4, -0.2) is 20.4 Å². The number of hydrogen-bond donors (Lipinski definition) is 1. The molecule has 5 nitrogen and oxygen atoms in total. The van der Waals surface area contributed by atoms with Crippen LogP contribution in [0.4, 0.5) is 5.82 Å². The van der Waals surface area contributed by atoms with Gasteiger partial charge in [0.2, 0.25) is 0 Å². The number of fused-ring (bicyclic) bond motifs is 1. The first kappa shape index (κ1) is 14.6. The normalized spacial score (nSPS) is 10.9. The molecule has 0 aliphatic heterocycles. The van der Waals surface area contributed by atoms with Gasteiger partial charge in [-0.3, -0.25) is 4.79 Å². The Kier molecular flexibility index (Phi) is 3.59. The number of aromatic nitrogens is 3. The number of thiophene rings is 1. The molecule has 4 aromatic rings. The Labute approximate surface area is 142 Å². The van der Waals surface area contributed by atoms with Crippen LogP contribution in [0.2, 0.25) is 0 Å². The number of benzene rings is 1. The van der Waals surface area contributed by atoms with Gasteiger partial charge in [-0.15, -0.1) is 11.3 Å². The number of carbonyl (C=O) groups is 1. The van der Waals surface area contributed by atoms with E-state index in [1.807, 2.05) is 60.1 Å². The topological polar surface area (TPSA) is 59.8 Å². The summed E-state index contributed by atoms with van der Waals surface area (Å²) in [5, 5.41) is 2.80. The fraction of sp³-hybridized carbons (Fsp3) is 0.0556. The number of aryl methyl sites for hydroxylation is 1. The molecule has 0 saturated heterocycles. The highest BCUT2D eigenvalue weighted by Crippen LogP contribution is 2.30. The number of anilines is 1. The SMILES string of the molecule is Cn1c(-c2ccc(C(=O)Nc3ccccn3)s2)nc2ccccc21. The maximum atomic E-state index is 12.3. The van der Waals surface area contributed by atoms with Gasteiger partial charge in [0.05, 0.1) is 20.8 Å². The highest BCUT2D eigenvalue weighted by molar-refractivity contribution is 7.17. The lowest BCUT2D eigenvalue weighted by Crippen LogP contribution is -2.10. The van der Waals surface area contributed by atoms with Crippen LogP contribution in [0.15, 0.2) is 60.8 Å². The minimum Gasteiger partial charge on any atom is -0.326 e. The van der Waals surface area contributed by atoms with Crippen LogP contribution < -0.4 is 5.32 Å². The number of para-hydroxylation sites is 2. The summed E-state index contributed by atoms with van der Waals surface area (Å²) in [7, 11) is 1.98. The van der Waals surface area contributed by atoms with E-state index in [-0.39, 0.29) is 5.91 Å². The molecule has 0 fully saturated rings. The quantitative estimate of drug-likeness (QED) is 0.617. The molecule has 0 atom stereocenters. The minimum absolute atomic E-state index is 0.163. The molecular weight excluding hydrogens is 320 g/mol. The third kappa shape index (κ3) is 2.57. The van der Waals surface area contributed by atoms with Crippen LogP contribution in [-0.2, 0) is 7.05 Å². The van der Waals surface area contributed by atoms with Crippen LogP contribution in [0.3, 0.4) is 0 Å². The van der Waals surface area contributed by atoms with Crippen molar-refractivity contribution in [1.29, 1.82) is 0 Å². The van der Waals surface area contributed by atoms with E-state index in [0.717, 1.165) is 21.7 Å². The van der Waals surface area contributed by atoms with Gasteiger partial charge in [-0.25, -0.2) is 9.97 Å². The highest BCUT2D eigenvalue weighted by Gasteiger charge is 2.15. The van der Waals surface area contributed by atoms with Crippen molar-refractivity contribution in [3.05, 3.63) is 65.7 Å². The molecule has 0 unspecified atom stereocenters. The number of rotatable bonds is 3. The average Bonchev–Trinajstić information content (AvgIpc) is 3.21. The van der Waals surface area contributed by atoms with Gasteiger partial charge >= 0.3 is 0 Å². The predicted octanol–water partition coefficient (Wildman–Crippen LogP) is 3.95. The standard InChI is InChI=1S/C18H14N4OS/c1-22-13-7-3-2-6-12(13)20-17(22)14-9-10-15(24-14)18(23)21-16-8-4-5-11-19-16/h2-11H,1H3,(H,19,21,23). The third-order valence-electron chi connectivity index (χ3n) is 3.74. The van der Waals surface area contributed by atoms with Gasteiger partial charge < -0.3 is 9.88 Å². The first-order valence-electron chi connectivity index (χ1n) is 7.46. The number of pyridine rings is 1. The van der Waals surface area contributed by atoms with Crippen LogP contribution in [0, 0.1) is 0 Å². The molecule has 118 valence electrons. The van der Waals surface area contributed by atoms with Crippen LogP contribution >= 0.6 is 11.3 Å². The summed E-state index contributed by atoms with van der Waals surface area (Å²) in [5.41, 5.74) is 2.02. The lowest BCUT2D eigenvalue weighted by molar-refractivity contribution is 0.103. The fourth-order valence-corrected chi connectivity index (χ4v) is 3.49. The van der Waals surface area contributed by atoms with Crippen LogP contribution in [0.25, 0.3) is 21.7 Å². The van der Waals surface area contributed by atoms with E-state index < -0.39 is 0 Å². The second kappa shape index (κ2) is 5.90. The molecular formula is C18H14N4OS. The fourth-order valence-electron chi connectivity index (χ4n) is 2.56.